The lowest BCUT2D eigenvalue weighted by molar-refractivity contribution is -0.120. The van der Waals surface area contributed by atoms with Crippen LogP contribution in [-0.2, 0) is 4.79 Å². The molecule has 0 atom stereocenters. The smallest absolute Gasteiger partial charge is 0.298 e. The molecule has 3 N–H and O–H groups in total. The summed E-state index contributed by atoms with van der Waals surface area (Å²) >= 11 is 0. The normalized spacial score (nSPS) is 10.9. The number of ether oxygens (including phenoxy) is 1. The average Bonchev–Trinajstić information content (AvgIpc) is 3.09. The van der Waals surface area contributed by atoms with Crippen molar-refractivity contribution in [2.75, 3.05) is 0 Å². The summed E-state index contributed by atoms with van der Waals surface area (Å²) in [5.74, 6) is 0.978. The highest BCUT2D eigenvalue weighted by Gasteiger charge is 2.14. The Balaban J connectivity index is 1.82. The molecule has 4 rings (SSSR count). The number of phenols is 1. The van der Waals surface area contributed by atoms with Gasteiger partial charge in [-0.15, -0.1) is 0 Å². The standard InChI is InChI=1S/C20H16N4O4/c1-10-5-12(6-11(2)18(10)26)16-8-14(20(27)24-23-16)19-21-15-4-3-13(28-9-25)7-17(15)22-19/h3-9,26H,1-2H3,(H,21,22)(H,24,27). The number of carbonyl (C=O) groups excluding carboxylic acids is 1. The van der Waals surface area contributed by atoms with E-state index >= 15 is 0 Å². The largest absolute Gasteiger partial charge is 0.507 e. The van der Waals surface area contributed by atoms with Gasteiger partial charge in [-0.2, -0.15) is 5.10 Å². The van der Waals surface area contributed by atoms with Gasteiger partial charge in [-0.1, -0.05) is 0 Å². The summed E-state index contributed by atoms with van der Waals surface area (Å²) in [6.45, 7) is 3.95. The Morgan fingerprint density at radius 2 is 1.86 bits per heavy atom. The van der Waals surface area contributed by atoms with Gasteiger partial charge in [-0.25, -0.2) is 10.1 Å². The highest BCUT2D eigenvalue weighted by Crippen LogP contribution is 2.29. The number of hydrogen-bond donors (Lipinski definition) is 3. The molecule has 0 aliphatic carbocycles. The Labute approximate surface area is 158 Å². The molecule has 0 radical (unpaired) electrons. The Morgan fingerprint density at radius 1 is 1.11 bits per heavy atom. The van der Waals surface area contributed by atoms with Crippen molar-refractivity contribution in [2.24, 2.45) is 0 Å². The zero-order valence-corrected chi connectivity index (χ0v) is 15.1. The van der Waals surface area contributed by atoms with Crippen molar-refractivity contribution in [2.45, 2.75) is 13.8 Å². The van der Waals surface area contributed by atoms with Crippen LogP contribution in [0.5, 0.6) is 11.5 Å². The van der Waals surface area contributed by atoms with E-state index in [1.807, 2.05) is 0 Å². The molecule has 2 heterocycles. The SMILES string of the molecule is Cc1cc(-c2cc(-c3nc4ccc(OC=O)cc4[nH]3)c(=O)[nH]n2)cc(C)c1O. The molecule has 0 amide bonds. The molecular formula is C20H16N4O4. The molecule has 0 saturated heterocycles. The van der Waals surface area contributed by atoms with E-state index in [0.29, 0.717) is 40.3 Å². The number of benzene rings is 2. The summed E-state index contributed by atoms with van der Waals surface area (Å²) in [5.41, 5.74) is 3.94. The van der Waals surface area contributed by atoms with E-state index < -0.39 is 0 Å². The van der Waals surface area contributed by atoms with Gasteiger partial charge in [0.25, 0.3) is 12.0 Å². The first-order valence-electron chi connectivity index (χ1n) is 8.47. The molecule has 0 aliphatic rings. The van der Waals surface area contributed by atoms with Crippen LogP contribution in [0.2, 0.25) is 0 Å². The lowest BCUT2D eigenvalue weighted by atomic mass is 10.0. The molecule has 0 saturated carbocycles. The number of imidazole rings is 1. The number of fused-ring (bicyclic) bond motifs is 1. The maximum Gasteiger partial charge on any atom is 0.298 e. The van der Waals surface area contributed by atoms with Crippen molar-refractivity contribution in [3.63, 3.8) is 0 Å². The van der Waals surface area contributed by atoms with Crippen molar-refractivity contribution in [3.8, 4) is 34.1 Å². The van der Waals surface area contributed by atoms with Crippen LogP contribution >= 0.6 is 0 Å². The number of aromatic nitrogens is 4. The highest BCUT2D eigenvalue weighted by molar-refractivity contribution is 5.81. The van der Waals surface area contributed by atoms with Gasteiger partial charge in [0, 0.05) is 11.6 Å². The van der Waals surface area contributed by atoms with E-state index in [0.717, 1.165) is 16.7 Å². The highest BCUT2D eigenvalue weighted by atomic mass is 16.5. The number of hydrogen-bond acceptors (Lipinski definition) is 6. The van der Waals surface area contributed by atoms with E-state index in [4.69, 9.17) is 4.74 Å². The quantitative estimate of drug-likeness (QED) is 0.471. The number of H-pyrrole nitrogens is 2. The van der Waals surface area contributed by atoms with Crippen LogP contribution in [0.4, 0.5) is 0 Å². The number of rotatable bonds is 4. The predicted molar refractivity (Wildman–Crippen MR) is 103 cm³/mol. The zero-order chi connectivity index (χ0) is 19.8. The first kappa shape index (κ1) is 17.5. The zero-order valence-electron chi connectivity index (χ0n) is 15.1. The van der Waals surface area contributed by atoms with Crippen molar-refractivity contribution < 1.29 is 14.6 Å². The predicted octanol–water partition coefficient (Wildman–Crippen LogP) is 2.84. The summed E-state index contributed by atoms with van der Waals surface area (Å²) in [7, 11) is 0. The van der Waals surface area contributed by atoms with Crippen LogP contribution < -0.4 is 10.3 Å². The van der Waals surface area contributed by atoms with Gasteiger partial charge in [0.15, 0.2) is 0 Å². The summed E-state index contributed by atoms with van der Waals surface area (Å²) in [6.07, 6.45) is 0. The van der Waals surface area contributed by atoms with Crippen LogP contribution in [0.3, 0.4) is 0 Å². The van der Waals surface area contributed by atoms with Crippen LogP contribution in [0.25, 0.3) is 33.7 Å². The maximum atomic E-state index is 12.3. The molecule has 0 aliphatic heterocycles. The summed E-state index contributed by atoms with van der Waals surface area (Å²) in [5, 5.41) is 16.6. The third kappa shape index (κ3) is 3.01. The molecule has 4 aromatic rings. The summed E-state index contributed by atoms with van der Waals surface area (Å²) in [4.78, 5) is 30.4. The minimum absolute atomic E-state index is 0.235. The fraction of sp³-hybridized carbons (Fsp3) is 0.100. The van der Waals surface area contributed by atoms with Crippen LogP contribution in [-0.4, -0.2) is 31.7 Å². The first-order chi connectivity index (χ1) is 13.5. The van der Waals surface area contributed by atoms with Crippen LogP contribution in [0.1, 0.15) is 11.1 Å². The Bertz CT molecular complexity index is 1250. The molecule has 8 heteroatoms. The Kier molecular flexibility index (Phi) is 4.15. The number of carbonyl (C=O) groups is 1. The van der Waals surface area contributed by atoms with Crippen LogP contribution in [0.15, 0.2) is 41.2 Å². The molecule has 0 unspecified atom stereocenters. The molecular weight excluding hydrogens is 360 g/mol. The third-order valence-corrected chi connectivity index (χ3v) is 4.48. The lowest BCUT2D eigenvalue weighted by Crippen LogP contribution is -2.12. The van der Waals surface area contributed by atoms with E-state index in [9.17, 15) is 14.7 Å². The number of aromatic hydroxyl groups is 1. The second-order valence-corrected chi connectivity index (χ2v) is 6.43. The molecule has 0 bridgehead atoms. The van der Waals surface area contributed by atoms with Crippen LogP contribution in [0, 0.1) is 13.8 Å². The Morgan fingerprint density at radius 3 is 2.57 bits per heavy atom. The van der Waals surface area contributed by atoms with Gasteiger partial charge in [0.05, 0.1) is 22.3 Å². The molecule has 2 aromatic heterocycles. The first-order valence-corrected chi connectivity index (χ1v) is 8.47. The van der Waals surface area contributed by atoms with Gasteiger partial charge in [-0.3, -0.25) is 9.59 Å². The molecule has 2 aromatic carbocycles. The minimum atomic E-state index is -0.389. The molecule has 0 spiro atoms. The number of aryl methyl sites for hydroxylation is 2. The van der Waals surface area contributed by atoms with Crippen molar-refractivity contribution in [3.05, 3.63) is 57.9 Å². The van der Waals surface area contributed by atoms with E-state index in [1.165, 1.54) is 0 Å². The minimum Gasteiger partial charge on any atom is -0.507 e. The number of phenolic OH excluding ortho intramolecular Hbond substituents is 1. The van der Waals surface area contributed by atoms with Gasteiger partial charge in [0.1, 0.15) is 17.3 Å². The van der Waals surface area contributed by atoms with Gasteiger partial charge < -0.3 is 14.8 Å². The lowest BCUT2D eigenvalue weighted by Gasteiger charge is -2.08. The number of nitrogens with zero attached hydrogens (tertiary/aromatic N) is 2. The molecule has 28 heavy (non-hydrogen) atoms. The second kappa shape index (κ2) is 6.66. The molecule has 0 fully saturated rings. The second-order valence-electron chi connectivity index (χ2n) is 6.43. The number of aromatic amines is 2. The topological polar surface area (TPSA) is 121 Å². The number of nitrogens with one attached hydrogen (secondary N) is 2. The fourth-order valence-corrected chi connectivity index (χ4v) is 3.08. The third-order valence-electron chi connectivity index (χ3n) is 4.48. The molecule has 140 valence electrons. The maximum absolute atomic E-state index is 12.3. The van der Waals surface area contributed by atoms with Gasteiger partial charge in [0.2, 0.25) is 0 Å². The van der Waals surface area contributed by atoms with Crippen molar-refractivity contribution in [1.29, 1.82) is 0 Å². The van der Waals surface area contributed by atoms with Crippen molar-refractivity contribution >= 4 is 17.5 Å². The van der Waals surface area contributed by atoms with E-state index in [1.54, 1.807) is 50.2 Å². The summed E-state index contributed by atoms with van der Waals surface area (Å²) in [6, 6.07) is 10.2. The van der Waals surface area contributed by atoms with Gasteiger partial charge in [-0.05, 0) is 55.3 Å². The van der Waals surface area contributed by atoms with E-state index in [-0.39, 0.29) is 11.3 Å². The fourth-order valence-electron chi connectivity index (χ4n) is 3.08. The summed E-state index contributed by atoms with van der Waals surface area (Å²) < 4.78 is 4.83. The average molecular weight is 376 g/mol. The van der Waals surface area contributed by atoms with Gasteiger partial charge >= 0.3 is 0 Å². The molecule has 8 nitrogen and oxygen atoms in total. The van der Waals surface area contributed by atoms with E-state index in [2.05, 4.69) is 20.2 Å². The van der Waals surface area contributed by atoms with Crippen molar-refractivity contribution in [1.82, 2.24) is 20.2 Å². The Hall–Kier alpha value is -3.94. The monoisotopic (exact) mass is 376 g/mol.